The Balaban J connectivity index is 1.49. The fourth-order valence-corrected chi connectivity index (χ4v) is 3.10. The Bertz CT molecular complexity index is 848. The van der Waals surface area contributed by atoms with Crippen LogP contribution in [0.5, 0.6) is 5.75 Å². The molecule has 0 radical (unpaired) electrons. The van der Waals surface area contributed by atoms with E-state index in [2.05, 4.69) is 16.6 Å². The van der Waals surface area contributed by atoms with Crippen molar-refractivity contribution in [2.24, 2.45) is 5.10 Å². The van der Waals surface area contributed by atoms with Crippen LogP contribution in [0.25, 0.3) is 0 Å². The molecule has 0 spiro atoms. The quantitative estimate of drug-likeness (QED) is 0.632. The number of carbonyl (C=O) groups excluding carboxylic acids is 2. The van der Waals surface area contributed by atoms with Crippen LogP contribution in [0, 0.1) is 0 Å². The molecular formula is C21H23N3O3. The summed E-state index contributed by atoms with van der Waals surface area (Å²) in [7, 11) is 1.59. The summed E-state index contributed by atoms with van der Waals surface area (Å²) >= 11 is 0. The lowest BCUT2D eigenvalue weighted by Crippen LogP contribution is -2.36. The van der Waals surface area contributed by atoms with Gasteiger partial charge in [0.2, 0.25) is 11.8 Å². The Labute approximate surface area is 158 Å². The summed E-state index contributed by atoms with van der Waals surface area (Å²) in [5.41, 5.74) is 5.43. The van der Waals surface area contributed by atoms with Crippen molar-refractivity contribution in [1.29, 1.82) is 0 Å². The minimum atomic E-state index is -0.284. The van der Waals surface area contributed by atoms with E-state index in [9.17, 15) is 9.59 Å². The zero-order valence-electron chi connectivity index (χ0n) is 15.4. The summed E-state index contributed by atoms with van der Waals surface area (Å²) in [6.45, 7) is 0.700. The standard InChI is InChI=1S/C21H23N3O3/c1-27-18-9-4-6-16(14-18)15-22-23-20(25)11-12-21(26)24-13-5-8-17-7-2-3-10-19(17)24/h2-4,6-7,9-10,14-15H,5,8,11-13H2,1H3,(H,23,25)/b22-15+. The van der Waals surface area contributed by atoms with Gasteiger partial charge in [0.1, 0.15) is 5.75 Å². The molecule has 0 aliphatic carbocycles. The van der Waals surface area contributed by atoms with Crippen LogP contribution in [0.1, 0.15) is 30.4 Å². The summed E-state index contributed by atoms with van der Waals surface area (Å²) < 4.78 is 5.14. The summed E-state index contributed by atoms with van der Waals surface area (Å²) in [4.78, 5) is 26.3. The van der Waals surface area contributed by atoms with Crippen molar-refractivity contribution in [1.82, 2.24) is 5.43 Å². The highest BCUT2D eigenvalue weighted by molar-refractivity contribution is 5.96. The maximum Gasteiger partial charge on any atom is 0.240 e. The van der Waals surface area contributed by atoms with Crippen LogP contribution >= 0.6 is 0 Å². The Hall–Kier alpha value is -3.15. The van der Waals surface area contributed by atoms with Crippen LogP contribution < -0.4 is 15.1 Å². The Morgan fingerprint density at radius 1 is 1.19 bits per heavy atom. The number of carbonyl (C=O) groups is 2. The van der Waals surface area contributed by atoms with Gasteiger partial charge in [-0.1, -0.05) is 30.3 Å². The smallest absolute Gasteiger partial charge is 0.240 e. The maximum absolute atomic E-state index is 12.5. The first-order chi connectivity index (χ1) is 13.2. The highest BCUT2D eigenvalue weighted by atomic mass is 16.5. The van der Waals surface area contributed by atoms with Crippen LogP contribution in [0.4, 0.5) is 5.69 Å². The number of ether oxygens (including phenoxy) is 1. The summed E-state index contributed by atoms with van der Waals surface area (Å²) in [6, 6.07) is 15.3. The summed E-state index contributed by atoms with van der Waals surface area (Å²) in [6.07, 6.45) is 3.74. The van der Waals surface area contributed by atoms with E-state index >= 15 is 0 Å². The van der Waals surface area contributed by atoms with Gasteiger partial charge in [0.15, 0.2) is 0 Å². The number of benzene rings is 2. The predicted molar refractivity (Wildman–Crippen MR) is 105 cm³/mol. The van der Waals surface area contributed by atoms with Crippen LogP contribution in [-0.2, 0) is 16.0 Å². The molecule has 0 fully saturated rings. The van der Waals surface area contributed by atoms with E-state index in [0.717, 1.165) is 29.8 Å². The average Bonchev–Trinajstić information content (AvgIpc) is 2.71. The van der Waals surface area contributed by atoms with Gasteiger partial charge in [0.05, 0.1) is 13.3 Å². The van der Waals surface area contributed by atoms with Crippen molar-refractivity contribution in [2.45, 2.75) is 25.7 Å². The normalized spacial score (nSPS) is 13.3. The molecule has 2 aromatic carbocycles. The summed E-state index contributed by atoms with van der Waals surface area (Å²) in [5, 5.41) is 3.94. The minimum Gasteiger partial charge on any atom is -0.497 e. The van der Waals surface area contributed by atoms with Crippen LogP contribution in [-0.4, -0.2) is 31.7 Å². The van der Waals surface area contributed by atoms with Crippen molar-refractivity contribution in [2.75, 3.05) is 18.6 Å². The molecule has 6 heteroatoms. The number of para-hydroxylation sites is 1. The van der Waals surface area contributed by atoms with Gasteiger partial charge < -0.3 is 9.64 Å². The van der Waals surface area contributed by atoms with Crippen molar-refractivity contribution in [3.63, 3.8) is 0 Å². The van der Waals surface area contributed by atoms with Crippen LogP contribution in [0.3, 0.4) is 0 Å². The number of hydrogen-bond donors (Lipinski definition) is 1. The second-order valence-corrected chi connectivity index (χ2v) is 6.35. The molecule has 1 aliphatic heterocycles. The van der Waals surface area contributed by atoms with Crippen molar-refractivity contribution >= 4 is 23.7 Å². The number of amides is 2. The van der Waals surface area contributed by atoms with Crippen LogP contribution in [0.15, 0.2) is 53.6 Å². The fraction of sp³-hybridized carbons (Fsp3) is 0.286. The predicted octanol–water partition coefficient (Wildman–Crippen LogP) is 2.90. The topological polar surface area (TPSA) is 71.0 Å². The van der Waals surface area contributed by atoms with Gasteiger partial charge in [0.25, 0.3) is 0 Å². The number of nitrogens with one attached hydrogen (secondary N) is 1. The van der Waals surface area contributed by atoms with E-state index in [-0.39, 0.29) is 24.7 Å². The van der Waals surface area contributed by atoms with Gasteiger partial charge in [-0.15, -0.1) is 0 Å². The van der Waals surface area contributed by atoms with E-state index in [1.165, 1.54) is 5.56 Å². The molecule has 140 valence electrons. The highest BCUT2D eigenvalue weighted by Gasteiger charge is 2.22. The molecule has 6 nitrogen and oxygen atoms in total. The van der Waals surface area contributed by atoms with E-state index in [4.69, 9.17) is 4.74 Å². The van der Waals surface area contributed by atoms with Crippen molar-refractivity contribution < 1.29 is 14.3 Å². The van der Waals surface area contributed by atoms with Crippen molar-refractivity contribution in [3.05, 3.63) is 59.7 Å². The highest BCUT2D eigenvalue weighted by Crippen LogP contribution is 2.27. The van der Waals surface area contributed by atoms with Gasteiger partial charge in [0, 0.05) is 25.1 Å². The molecule has 1 N–H and O–H groups in total. The first-order valence-corrected chi connectivity index (χ1v) is 9.01. The molecule has 0 aromatic heterocycles. The Morgan fingerprint density at radius 2 is 2.04 bits per heavy atom. The number of aryl methyl sites for hydroxylation is 1. The number of fused-ring (bicyclic) bond motifs is 1. The third-order valence-electron chi connectivity index (χ3n) is 4.47. The summed E-state index contributed by atoms with van der Waals surface area (Å²) in [5.74, 6) is 0.402. The number of methoxy groups -OCH3 is 1. The molecule has 0 bridgehead atoms. The molecule has 0 saturated carbocycles. The van der Waals surface area contributed by atoms with Crippen molar-refractivity contribution in [3.8, 4) is 5.75 Å². The monoisotopic (exact) mass is 365 g/mol. The second-order valence-electron chi connectivity index (χ2n) is 6.35. The Morgan fingerprint density at radius 3 is 2.89 bits per heavy atom. The van der Waals surface area contributed by atoms with Gasteiger partial charge in [-0.3, -0.25) is 9.59 Å². The molecule has 0 unspecified atom stereocenters. The lowest BCUT2D eigenvalue weighted by atomic mass is 10.0. The third kappa shape index (κ3) is 4.94. The van der Waals surface area contributed by atoms with E-state index in [1.807, 2.05) is 42.5 Å². The first-order valence-electron chi connectivity index (χ1n) is 9.01. The lowest BCUT2D eigenvalue weighted by Gasteiger charge is -2.29. The lowest BCUT2D eigenvalue weighted by molar-refractivity contribution is -0.125. The number of anilines is 1. The maximum atomic E-state index is 12.5. The number of nitrogens with zero attached hydrogens (tertiary/aromatic N) is 2. The molecule has 0 atom stereocenters. The molecule has 1 heterocycles. The zero-order valence-corrected chi connectivity index (χ0v) is 15.4. The van der Waals surface area contributed by atoms with Gasteiger partial charge in [-0.25, -0.2) is 5.43 Å². The number of hydrazone groups is 1. The van der Waals surface area contributed by atoms with Gasteiger partial charge in [-0.2, -0.15) is 5.10 Å². The molecule has 2 aromatic rings. The fourth-order valence-electron chi connectivity index (χ4n) is 3.10. The molecular weight excluding hydrogens is 342 g/mol. The van der Waals surface area contributed by atoms with Gasteiger partial charge >= 0.3 is 0 Å². The SMILES string of the molecule is COc1cccc(/C=N/NC(=O)CCC(=O)N2CCCc3ccccc32)c1. The average molecular weight is 365 g/mol. The van der Waals surface area contributed by atoms with E-state index in [1.54, 1.807) is 18.2 Å². The molecule has 2 amide bonds. The van der Waals surface area contributed by atoms with E-state index < -0.39 is 0 Å². The first kappa shape index (κ1) is 18.6. The molecule has 0 saturated heterocycles. The number of rotatable bonds is 6. The molecule has 27 heavy (non-hydrogen) atoms. The molecule has 3 rings (SSSR count). The Kier molecular flexibility index (Phi) is 6.20. The zero-order chi connectivity index (χ0) is 19.1. The largest absolute Gasteiger partial charge is 0.497 e. The van der Waals surface area contributed by atoms with Crippen LogP contribution in [0.2, 0.25) is 0 Å². The van der Waals surface area contributed by atoms with Gasteiger partial charge in [-0.05, 0) is 42.2 Å². The molecule has 1 aliphatic rings. The van der Waals surface area contributed by atoms with E-state index in [0.29, 0.717) is 6.54 Å². The minimum absolute atomic E-state index is 0.0333. The third-order valence-corrected chi connectivity index (χ3v) is 4.47. The number of hydrogen-bond acceptors (Lipinski definition) is 4. The second kappa shape index (κ2) is 8.98.